The summed E-state index contributed by atoms with van der Waals surface area (Å²) in [4.78, 5) is 26.4. The Balaban J connectivity index is 2.23. The molecular formula is C34H41BrF5N2O3P. The van der Waals surface area contributed by atoms with Gasteiger partial charge < -0.3 is 0 Å². The number of nitrogens with one attached hydrogen (secondary N) is 2. The molecule has 252 valence electrons. The van der Waals surface area contributed by atoms with Crippen LogP contribution in [0.3, 0.4) is 0 Å². The standard InChI is InChI=1S/C34H41BrF5N2O3P/c1-20(2)25(41-32(43)31(21(3)4)42-33(44)45-34(5,6)7)19-46(35,22-14-10-8-11-15-22,23-16-12-9-13-17-23)18-24-26(36)28(38)30(40)29(39)27(24)37/h8-17,20-21,25,31H,18-19H2,1-7H3,(H,41,43)(H,42,44)/t25-,31?/m1/s1. The van der Waals surface area contributed by atoms with Gasteiger partial charge in [-0.1, -0.05) is 0 Å². The van der Waals surface area contributed by atoms with Gasteiger partial charge >= 0.3 is 276 Å². The monoisotopic (exact) mass is 730 g/mol. The molecular weight excluding hydrogens is 690 g/mol. The van der Waals surface area contributed by atoms with Crippen LogP contribution in [0, 0.1) is 40.9 Å². The van der Waals surface area contributed by atoms with Crippen LogP contribution in [-0.4, -0.2) is 35.8 Å². The molecule has 3 aromatic rings. The van der Waals surface area contributed by atoms with E-state index in [1.54, 1.807) is 95.3 Å². The van der Waals surface area contributed by atoms with Gasteiger partial charge in [-0.3, -0.25) is 0 Å². The first-order chi connectivity index (χ1) is 21.3. The van der Waals surface area contributed by atoms with Crippen molar-refractivity contribution in [3.8, 4) is 0 Å². The minimum atomic E-state index is -4.21. The average Bonchev–Trinajstić information content (AvgIpc) is 2.99. The van der Waals surface area contributed by atoms with E-state index in [0.29, 0.717) is 10.6 Å². The van der Waals surface area contributed by atoms with Gasteiger partial charge in [0.15, 0.2) is 0 Å². The first-order valence-electron chi connectivity index (χ1n) is 14.9. The van der Waals surface area contributed by atoms with Crippen LogP contribution in [0.2, 0.25) is 0 Å². The fraction of sp³-hybridized carbons (Fsp3) is 0.412. The molecule has 2 atom stereocenters. The topological polar surface area (TPSA) is 67.4 Å². The number of rotatable bonds is 11. The van der Waals surface area contributed by atoms with Crippen LogP contribution in [0.4, 0.5) is 26.7 Å². The summed E-state index contributed by atoms with van der Waals surface area (Å²) in [6, 6.07) is 15.7. The molecule has 0 saturated carbocycles. The predicted molar refractivity (Wildman–Crippen MR) is 178 cm³/mol. The van der Waals surface area contributed by atoms with Crippen molar-refractivity contribution in [2.24, 2.45) is 11.8 Å². The summed E-state index contributed by atoms with van der Waals surface area (Å²) in [7, 11) is 0. The second-order valence-electron chi connectivity index (χ2n) is 13.2. The van der Waals surface area contributed by atoms with E-state index in [9.17, 15) is 22.8 Å². The maximum atomic E-state index is 15.4. The van der Waals surface area contributed by atoms with Crippen molar-refractivity contribution in [1.29, 1.82) is 0 Å². The van der Waals surface area contributed by atoms with E-state index in [1.807, 2.05) is 13.8 Å². The fourth-order valence-corrected chi connectivity index (χ4v) is 13.6. The van der Waals surface area contributed by atoms with Crippen molar-refractivity contribution >= 4 is 43.4 Å². The van der Waals surface area contributed by atoms with Gasteiger partial charge in [-0.2, -0.15) is 0 Å². The zero-order chi connectivity index (χ0) is 34.6. The van der Waals surface area contributed by atoms with E-state index >= 15 is 8.78 Å². The number of alkyl carbamates (subject to hydrolysis) is 1. The molecule has 0 aliphatic heterocycles. The van der Waals surface area contributed by atoms with Crippen molar-refractivity contribution < 1.29 is 36.3 Å². The molecule has 0 spiro atoms. The summed E-state index contributed by atoms with van der Waals surface area (Å²) in [5.74, 6) is -11.3. The van der Waals surface area contributed by atoms with Crippen molar-refractivity contribution in [3.05, 3.63) is 95.3 Å². The summed E-state index contributed by atoms with van der Waals surface area (Å²) in [5.41, 5.74) is -1.76. The number of halogens is 6. The first kappa shape index (κ1) is 37.4. The van der Waals surface area contributed by atoms with Gasteiger partial charge in [0, 0.05) is 0 Å². The Morgan fingerprint density at radius 1 is 0.739 bits per heavy atom. The Kier molecular flexibility index (Phi) is 11.7. The van der Waals surface area contributed by atoms with Crippen LogP contribution < -0.4 is 21.2 Å². The summed E-state index contributed by atoms with van der Waals surface area (Å²) in [5, 5.41) is 2.61. The van der Waals surface area contributed by atoms with Gasteiger partial charge in [0.05, 0.1) is 0 Å². The van der Waals surface area contributed by atoms with E-state index in [1.165, 1.54) is 0 Å². The van der Waals surface area contributed by atoms with Crippen molar-refractivity contribution in [3.63, 3.8) is 0 Å². The summed E-state index contributed by atoms with van der Waals surface area (Å²) < 4.78 is 79.5. The molecule has 46 heavy (non-hydrogen) atoms. The van der Waals surface area contributed by atoms with E-state index in [4.69, 9.17) is 4.74 Å². The number of carbonyl (C=O) groups is 2. The second-order valence-corrected chi connectivity index (χ2v) is 22.8. The van der Waals surface area contributed by atoms with Crippen LogP contribution >= 0.6 is 20.8 Å². The third-order valence-electron chi connectivity index (χ3n) is 7.82. The SMILES string of the molecule is CC(C)C(NC(=O)OC(C)(C)C)C(=O)N[C@H](CP(Br)(Cc1c(F)c(F)c(F)c(F)c1F)(c1ccccc1)c1ccccc1)C(C)C. The summed E-state index contributed by atoms with van der Waals surface area (Å²) in [6.45, 7) is 12.3. The number of hydrogen-bond donors (Lipinski definition) is 2. The molecule has 5 nitrogen and oxygen atoms in total. The Hall–Kier alpha value is -3.04. The number of carbonyl (C=O) groups excluding carboxylic acids is 2. The summed E-state index contributed by atoms with van der Waals surface area (Å²) >= 11 is 4.00. The Labute approximate surface area is 275 Å². The first-order valence-corrected chi connectivity index (χ1v) is 19.6. The minimum absolute atomic E-state index is 0.0276. The van der Waals surface area contributed by atoms with Gasteiger partial charge in [-0.25, -0.2) is 0 Å². The van der Waals surface area contributed by atoms with Gasteiger partial charge in [-0.05, 0) is 0 Å². The van der Waals surface area contributed by atoms with Crippen LogP contribution in [0.5, 0.6) is 0 Å². The van der Waals surface area contributed by atoms with Crippen molar-refractivity contribution in [1.82, 2.24) is 10.6 Å². The quantitative estimate of drug-likeness (QED) is 0.0908. The van der Waals surface area contributed by atoms with E-state index < -0.39 is 75.8 Å². The Bertz CT molecular complexity index is 1480. The number of ether oxygens (including phenoxy) is 1. The predicted octanol–water partition coefficient (Wildman–Crippen LogP) is 8.09. The number of benzene rings is 3. The zero-order valence-corrected chi connectivity index (χ0v) is 29.4. The van der Waals surface area contributed by atoms with Crippen LogP contribution in [0.15, 0.2) is 60.7 Å². The molecule has 0 aliphatic rings. The maximum absolute atomic E-state index is 15.4. The Morgan fingerprint density at radius 2 is 1.17 bits per heavy atom. The molecule has 0 aromatic heterocycles. The third-order valence-corrected chi connectivity index (χ3v) is 17.0. The molecule has 2 N–H and O–H groups in total. The van der Waals surface area contributed by atoms with Gasteiger partial charge in [-0.15, -0.1) is 0 Å². The average molecular weight is 732 g/mol. The molecule has 0 fully saturated rings. The molecule has 0 bridgehead atoms. The van der Waals surface area contributed by atoms with Gasteiger partial charge in [0.1, 0.15) is 0 Å². The van der Waals surface area contributed by atoms with Gasteiger partial charge in [0.25, 0.3) is 0 Å². The van der Waals surface area contributed by atoms with Gasteiger partial charge in [0.2, 0.25) is 0 Å². The second kappa shape index (κ2) is 14.4. The number of hydrogen-bond acceptors (Lipinski definition) is 3. The molecule has 12 heteroatoms. The molecule has 0 radical (unpaired) electrons. The molecule has 2 amide bonds. The number of amides is 2. The van der Waals surface area contributed by atoms with Crippen molar-refractivity contribution in [2.45, 2.75) is 72.3 Å². The molecule has 3 aromatic carbocycles. The van der Waals surface area contributed by atoms with Crippen LogP contribution in [0.25, 0.3) is 0 Å². The van der Waals surface area contributed by atoms with E-state index in [2.05, 4.69) is 26.1 Å². The fourth-order valence-electron chi connectivity index (χ4n) is 5.34. The third kappa shape index (κ3) is 8.08. The Morgan fingerprint density at radius 3 is 1.57 bits per heavy atom. The molecule has 0 saturated heterocycles. The van der Waals surface area contributed by atoms with Crippen LogP contribution in [0.1, 0.15) is 54.0 Å². The normalized spacial score (nSPS) is 14.4. The zero-order valence-electron chi connectivity index (χ0n) is 26.9. The molecule has 0 aliphatic carbocycles. The molecule has 3 rings (SSSR count). The van der Waals surface area contributed by atoms with Crippen molar-refractivity contribution in [2.75, 3.05) is 6.16 Å². The molecule has 0 heterocycles. The van der Waals surface area contributed by atoms with E-state index in [-0.39, 0.29) is 18.0 Å². The van der Waals surface area contributed by atoms with E-state index in [0.717, 1.165) is 0 Å². The summed E-state index contributed by atoms with van der Waals surface area (Å²) in [6.07, 6.45) is -1.34. The van der Waals surface area contributed by atoms with Crippen LogP contribution in [-0.2, 0) is 15.7 Å². The molecule has 1 unspecified atom stereocenters.